The summed E-state index contributed by atoms with van der Waals surface area (Å²) in [6.07, 6.45) is 1.70. The largest absolute Gasteiger partial charge is 0.457 e. The maximum atomic E-state index is 14.0. The van der Waals surface area contributed by atoms with Crippen molar-refractivity contribution in [2.45, 2.75) is 20.8 Å². The van der Waals surface area contributed by atoms with Crippen LogP contribution in [0.2, 0.25) is 5.02 Å². The van der Waals surface area contributed by atoms with Gasteiger partial charge in [-0.2, -0.15) is 0 Å². The molecule has 0 atom stereocenters. The summed E-state index contributed by atoms with van der Waals surface area (Å²) in [5.41, 5.74) is 0.655. The zero-order valence-electron chi connectivity index (χ0n) is 13.4. The molecule has 0 spiro atoms. The van der Waals surface area contributed by atoms with E-state index in [-0.39, 0.29) is 5.56 Å². The molecule has 0 radical (unpaired) electrons. The summed E-state index contributed by atoms with van der Waals surface area (Å²) in [4.78, 5) is 11.7. The van der Waals surface area contributed by atoms with E-state index in [0.717, 1.165) is 11.9 Å². The van der Waals surface area contributed by atoms with Crippen molar-refractivity contribution < 1.29 is 13.9 Å². The van der Waals surface area contributed by atoms with Crippen LogP contribution in [0.5, 0.6) is 11.5 Å². The highest BCUT2D eigenvalue weighted by molar-refractivity contribution is 7.97. The number of rotatable bonds is 4. The molecule has 2 aromatic carbocycles. The van der Waals surface area contributed by atoms with Crippen LogP contribution in [0.25, 0.3) is 0 Å². The molecule has 124 valence electrons. The number of halogens is 2. The number of aryl methyl sites for hydroxylation is 1. The van der Waals surface area contributed by atoms with Crippen molar-refractivity contribution in [3.63, 3.8) is 0 Å². The molecule has 6 heteroatoms. The summed E-state index contributed by atoms with van der Waals surface area (Å²) < 4.78 is 22.1. The number of nitrogens with one attached hydrogen (secondary N) is 1. The SMILES string of the molecule is CC.CSNC(=O)c1cc(C)c(Oc2ccc(Cl)cc2)cc1F. The first-order valence-corrected chi connectivity index (χ1v) is 8.68. The normalized spacial score (nSPS) is 9.65. The molecule has 1 N–H and O–H groups in total. The zero-order chi connectivity index (χ0) is 17.4. The monoisotopic (exact) mass is 355 g/mol. The second-order valence-corrected chi connectivity index (χ2v) is 5.34. The molecular weight excluding hydrogens is 337 g/mol. The van der Waals surface area contributed by atoms with E-state index >= 15 is 0 Å². The molecule has 3 nitrogen and oxygen atoms in total. The van der Waals surface area contributed by atoms with Crippen molar-refractivity contribution in [3.05, 3.63) is 58.4 Å². The first-order chi connectivity index (χ1) is 11.0. The molecule has 2 rings (SSSR count). The molecule has 0 aliphatic carbocycles. The van der Waals surface area contributed by atoms with Gasteiger partial charge in [-0.15, -0.1) is 0 Å². The summed E-state index contributed by atoms with van der Waals surface area (Å²) >= 11 is 6.91. The lowest BCUT2D eigenvalue weighted by atomic mass is 10.1. The lowest BCUT2D eigenvalue weighted by Gasteiger charge is -2.11. The second kappa shape index (κ2) is 9.43. The Kier molecular flexibility index (Phi) is 7.92. The Hall–Kier alpha value is -1.72. The van der Waals surface area contributed by atoms with Crippen LogP contribution in [0, 0.1) is 12.7 Å². The van der Waals surface area contributed by atoms with Crippen LogP contribution in [0.1, 0.15) is 29.8 Å². The third-order valence-electron chi connectivity index (χ3n) is 2.75. The molecule has 2 aromatic rings. The topological polar surface area (TPSA) is 38.3 Å². The average Bonchev–Trinajstić information content (AvgIpc) is 2.55. The molecule has 0 unspecified atom stereocenters. The van der Waals surface area contributed by atoms with Gasteiger partial charge in [0, 0.05) is 17.3 Å². The van der Waals surface area contributed by atoms with Gasteiger partial charge in [0.25, 0.3) is 5.91 Å². The Bertz CT molecular complexity index is 662. The van der Waals surface area contributed by atoms with Crippen LogP contribution in [0.3, 0.4) is 0 Å². The minimum Gasteiger partial charge on any atom is -0.457 e. The molecule has 0 saturated carbocycles. The van der Waals surface area contributed by atoms with E-state index in [4.69, 9.17) is 16.3 Å². The van der Waals surface area contributed by atoms with Crippen molar-refractivity contribution in [3.8, 4) is 11.5 Å². The molecule has 23 heavy (non-hydrogen) atoms. The predicted octanol–water partition coefficient (Wildman–Crippen LogP) is 5.61. The molecule has 0 heterocycles. The molecule has 0 saturated heterocycles. The minimum absolute atomic E-state index is 0.00898. The lowest BCUT2D eigenvalue weighted by molar-refractivity contribution is 0.0980. The Balaban J connectivity index is 0.00000127. The Morgan fingerprint density at radius 3 is 2.39 bits per heavy atom. The second-order valence-electron chi connectivity index (χ2n) is 4.29. The van der Waals surface area contributed by atoms with Gasteiger partial charge in [-0.1, -0.05) is 37.4 Å². The first kappa shape index (κ1) is 19.3. The van der Waals surface area contributed by atoms with Crippen molar-refractivity contribution in [1.29, 1.82) is 0 Å². The number of hydrogen-bond acceptors (Lipinski definition) is 3. The Morgan fingerprint density at radius 2 is 1.83 bits per heavy atom. The highest BCUT2D eigenvalue weighted by Crippen LogP contribution is 2.28. The van der Waals surface area contributed by atoms with Crippen molar-refractivity contribution in [2.24, 2.45) is 0 Å². The maximum absolute atomic E-state index is 14.0. The van der Waals surface area contributed by atoms with Crippen LogP contribution >= 0.6 is 23.5 Å². The van der Waals surface area contributed by atoms with E-state index in [2.05, 4.69) is 4.72 Å². The number of hydrogen-bond donors (Lipinski definition) is 1. The molecule has 1 amide bonds. The standard InChI is InChI=1S/C15H13ClFNO2S.C2H6/c1-9-7-12(15(19)18-21-2)13(17)8-14(9)20-11-5-3-10(16)4-6-11;1-2/h3-8H,1-2H3,(H,18,19);1-2H3. The van der Waals surface area contributed by atoms with Gasteiger partial charge in [0.05, 0.1) is 5.56 Å². The third kappa shape index (κ3) is 5.44. The van der Waals surface area contributed by atoms with E-state index in [9.17, 15) is 9.18 Å². The van der Waals surface area contributed by atoms with Crippen LogP contribution in [-0.4, -0.2) is 12.2 Å². The van der Waals surface area contributed by atoms with Gasteiger partial charge < -0.3 is 4.74 Å². The molecular formula is C17H19ClFNO2S. The van der Waals surface area contributed by atoms with Crippen LogP contribution in [0.4, 0.5) is 4.39 Å². The summed E-state index contributed by atoms with van der Waals surface area (Å²) in [6, 6.07) is 9.42. The van der Waals surface area contributed by atoms with E-state index < -0.39 is 11.7 Å². The summed E-state index contributed by atoms with van der Waals surface area (Å²) in [6.45, 7) is 5.75. The average molecular weight is 356 g/mol. The summed E-state index contributed by atoms with van der Waals surface area (Å²) in [5.74, 6) is -0.198. The van der Waals surface area contributed by atoms with Crippen LogP contribution < -0.4 is 9.46 Å². The lowest BCUT2D eigenvalue weighted by Crippen LogP contribution is -2.17. The highest BCUT2D eigenvalue weighted by Gasteiger charge is 2.15. The van der Waals surface area contributed by atoms with Crippen molar-refractivity contribution in [2.75, 3.05) is 6.26 Å². The van der Waals surface area contributed by atoms with Gasteiger partial charge in [0.15, 0.2) is 0 Å². The van der Waals surface area contributed by atoms with E-state index in [0.29, 0.717) is 22.1 Å². The smallest absolute Gasteiger partial charge is 0.264 e. The number of carbonyl (C=O) groups is 1. The Labute approximate surface area is 145 Å². The zero-order valence-corrected chi connectivity index (χ0v) is 15.0. The number of benzene rings is 2. The summed E-state index contributed by atoms with van der Waals surface area (Å²) in [7, 11) is 0. The summed E-state index contributed by atoms with van der Waals surface area (Å²) in [5, 5.41) is 0.592. The van der Waals surface area contributed by atoms with Gasteiger partial charge in [-0.3, -0.25) is 9.52 Å². The highest BCUT2D eigenvalue weighted by atomic mass is 35.5. The van der Waals surface area contributed by atoms with Crippen LogP contribution in [0.15, 0.2) is 36.4 Å². The molecule has 0 aliphatic rings. The van der Waals surface area contributed by atoms with Crippen molar-refractivity contribution in [1.82, 2.24) is 4.72 Å². The van der Waals surface area contributed by atoms with Gasteiger partial charge in [0.1, 0.15) is 17.3 Å². The van der Waals surface area contributed by atoms with Gasteiger partial charge in [-0.25, -0.2) is 4.39 Å². The van der Waals surface area contributed by atoms with Gasteiger partial charge in [-0.05, 0) is 42.8 Å². The molecule has 0 aliphatic heterocycles. The minimum atomic E-state index is -0.629. The van der Waals surface area contributed by atoms with E-state index in [1.165, 1.54) is 12.1 Å². The van der Waals surface area contributed by atoms with Crippen LogP contribution in [-0.2, 0) is 0 Å². The number of ether oxygens (including phenoxy) is 1. The first-order valence-electron chi connectivity index (χ1n) is 7.08. The fourth-order valence-corrected chi connectivity index (χ4v) is 2.15. The quantitative estimate of drug-likeness (QED) is 0.724. The predicted molar refractivity (Wildman–Crippen MR) is 95.0 cm³/mol. The molecule has 0 aromatic heterocycles. The Morgan fingerprint density at radius 1 is 1.22 bits per heavy atom. The van der Waals surface area contributed by atoms with E-state index in [1.807, 2.05) is 13.8 Å². The van der Waals surface area contributed by atoms with Gasteiger partial charge >= 0.3 is 0 Å². The van der Waals surface area contributed by atoms with E-state index in [1.54, 1.807) is 37.4 Å². The number of carbonyl (C=O) groups excluding carboxylic acids is 1. The fourth-order valence-electron chi connectivity index (χ4n) is 1.72. The number of amides is 1. The molecule has 0 bridgehead atoms. The maximum Gasteiger partial charge on any atom is 0.264 e. The van der Waals surface area contributed by atoms with Crippen molar-refractivity contribution >= 4 is 29.5 Å². The third-order valence-corrected chi connectivity index (χ3v) is 3.39. The van der Waals surface area contributed by atoms with Gasteiger partial charge in [0.2, 0.25) is 0 Å². The molecule has 0 fully saturated rings. The fraction of sp³-hybridized carbons (Fsp3) is 0.235.